The maximum absolute atomic E-state index is 10.6. The lowest BCUT2D eigenvalue weighted by atomic mass is 10.3. The van der Waals surface area contributed by atoms with Crippen molar-refractivity contribution in [3.8, 4) is 5.75 Å². The molecule has 9 heavy (non-hydrogen) atoms. The van der Waals surface area contributed by atoms with E-state index in [2.05, 4.69) is 25.3 Å². The van der Waals surface area contributed by atoms with Gasteiger partial charge in [-0.3, -0.25) is 5.11 Å². The first-order valence-electron chi connectivity index (χ1n) is 2.38. The Bertz CT molecular complexity index is 172. The van der Waals surface area contributed by atoms with Crippen LogP contribution in [0.5, 0.6) is 5.75 Å². The largest absolute Gasteiger partial charge is 0.290 e. The minimum Gasteiger partial charge on any atom is -0.290 e. The zero-order chi connectivity index (χ0) is 6.85. The molecule has 1 rings (SSSR count). The van der Waals surface area contributed by atoms with Crippen LogP contribution in [0.4, 0.5) is 0 Å². The van der Waals surface area contributed by atoms with Crippen molar-refractivity contribution in [1.82, 2.24) is 0 Å². The van der Waals surface area contributed by atoms with Gasteiger partial charge in [0.2, 0.25) is 17.5 Å². The Labute approximate surface area is 64.5 Å². The lowest BCUT2D eigenvalue weighted by Gasteiger charge is -1.86. The van der Waals surface area contributed by atoms with Gasteiger partial charge in [-0.15, -0.1) is 12.6 Å². The normalized spacial score (nSPS) is 9.56. The Morgan fingerprint density at radius 3 is 2.44 bits per heavy atom. The highest BCUT2D eigenvalue weighted by molar-refractivity contribution is 7.80. The van der Waals surface area contributed by atoms with Crippen molar-refractivity contribution in [3.63, 3.8) is 0 Å². The number of hydrogen-bond donors (Lipinski definition) is 1. The van der Waals surface area contributed by atoms with E-state index in [-0.39, 0.29) is 5.75 Å². The second-order valence-electron chi connectivity index (χ2n) is 1.69. The molecule has 0 spiro atoms. The molecule has 0 unspecified atom stereocenters. The van der Waals surface area contributed by atoms with Gasteiger partial charge in [-0.2, -0.15) is 0 Å². The fourth-order valence-electron chi connectivity index (χ4n) is 0.568. The van der Waals surface area contributed by atoms with Crippen molar-refractivity contribution >= 4 is 25.3 Å². The average molecular weight is 157 g/mol. The molecule has 0 N–H and O–H groups in total. The topological polar surface area (TPSA) is 19.9 Å². The third kappa shape index (κ3) is 1.84. The van der Waals surface area contributed by atoms with Crippen molar-refractivity contribution in [3.05, 3.63) is 18.2 Å². The molecule has 0 aromatic heterocycles. The van der Waals surface area contributed by atoms with E-state index in [1.54, 1.807) is 6.07 Å². The predicted molar refractivity (Wildman–Crippen MR) is 40.9 cm³/mol. The van der Waals surface area contributed by atoms with E-state index in [1.807, 2.05) is 0 Å². The molecule has 0 fully saturated rings. The molecular weight excluding hydrogens is 152 g/mol. The van der Waals surface area contributed by atoms with Gasteiger partial charge >= 0.3 is 0 Å². The van der Waals surface area contributed by atoms with Crippen LogP contribution in [0, 0.1) is 0 Å². The first-order valence-corrected chi connectivity index (χ1v) is 3.28. The molecule has 0 saturated heterocycles. The van der Waals surface area contributed by atoms with Crippen LogP contribution in [0.15, 0.2) is 28.0 Å². The van der Waals surface area contributed by atoms with Gasteiger partial charge in [-0.25, -0.2) is 0 Å². The summed E-state index contributed by atoms with van der Waals surface area (Å²) >= 11 is 7.95. The van der Waals surface area contributed by atoms with Gasteiger partial charge in [0.15, 0.2) is 5.75 Å². The van der Waals surface area contributed by atoms with Crippen LogP contribution in [0.25, 0.3) is 0 Å². The van der Waals surface area contributed by atoms with E-state index >= 15 is 0 Å². The molecule has 3 heteroatoms. The van der Waals surface area contributed by atoms with Gasteiger partial charge in [0.25, 0.3) is 0 Å². The number of benzene rings is 1. The first kappa shape index (κ1) is 6.83. The van der Waals surface area contributed by atoms with Gasteiger partial charge in [0.05, 0.1) is 0 Å². The second-order valence-corrected chi connectivity index (χ2v) is 2.72. The van der Waals surface area contributed by atoms with Gasteiger partial charge in [0, 0.05) is 17.0 Å². The van der Waals surface area contributed by atoms with E-state index in [9.17, 15) is 5.11 Å². The summed E-state index contributed by atoms with van der Waals surface area (Å²) in [7, 11) is 0. The molecule has 2 radical (unpaired) electrons. The molecular formula is C6H5OS2+. The first-order chi connectivity index (χ1) is 4.18. The van der Waals surface area contributed by atoms with Crippen molar-refractivity contribution in [1.29, 1.82) is 0 Å². The second kappa shape index (κ2) is 2.54. The summed E-state index contributed by atoms with van der Waals surface area (Å²) in [6.07, 6.45) is 0. The molecule has 46 valence electrons. The number of hydrogen-bond acceptors (Lipinski definition) is 2. The minimum absolute atomic E-state index is 0.0486. The van der Waals surface area contributed by atoms with E-state index in [1.165, 1.54) is 12.1 Å². The Kier molecular flexibility index (Phi) is 1.93. The highest BCUT2D eigenvalue weighted by atomic mass is 32.1. The summed E-state index contributed by atoms with van der Waals surface area (Å²) < 4.78 is 0. The van der Waals surface area contributed by atoms with Crippen LogP contribution in [-0.4, -0.2) is 0 Å². The van der Waals surface area contributed by atoms with Crippen LogP contribution in [0.2, 0.25) is 0 Å². The van der Waals surface area contributed by atoms with E-state index < -0.39 is 0 Å². The van der Waals surface area contributed by atoms with Crippen molar-refractivity contribution < 1.29 is 5.11 Å². The summed E-state index contributed by atoms with van der Waals surface area (Å²) in [5.41, 5.74) is 0. The highest BCUT2D eigenvalue weighted by Crippen LogP contribution is 2.17. The minimum atomic E-state index is -0.0486. The van der Waals surface area contributed by atoms with Gasteiger partial charge in [-0.05, 0) is 6.07 Å². The van der Waals surface area contributed by atoms with E-state index in [0.29, 0.717) is 9.79 Å². The highest BCUT2D eigenvalue weighted by Gasteiger charge is 2.00. The maximum Gasteiger partial charge on any atom is 0.224 e. The zero-order valence-corrected chi connectivity index (χ0v) is 6.32. The predicted octanol–water partition coefficient (Wildman–Crippen LogP) is 1.76. The molecule has 0 amide bonds. The van der Waals surface area contributed by atoms with Crippen LogP contribution in [-0.2, 0) is 17.7 Å². The monoisotopic (exact) mass is 157 g/mol. The molecule has 0 atom stereocenters. The van der Waals surface area contributed by atoms with Crippen LogP contribution < -0.4 is 0 Å². The van der Waals surface area contributed by atoms with Crippen LogP contribution in [0.3, 0.4) is 0 Å². The Morgan fingerprint density at radius 2 is 2.00 bits per heavy atom. The summed E-state index contributed by atoms with van der Waals surface area (Å²) in [5.74, 6) is -0.0486. The Hall–Kier alpha value is -0.280. The van der Waals surface area contributed by atoms with E-state index in [4.69, 9.17) is 0 Å². The van der Waals surface area contributed by atoms with Crippen molar-refractivity contribution in [2.45, 2.75) is 9.79 Å². The number of thiol groups is 2. The molecule has 0 saturated carbocycles. The van der Waals surface area contributed by atoms with Crippen LogP contribution in [0.1, 0.15) is 0 Å². The van der Waals surface area contributed by atoms with Gasteiger partial charge in [0.1, 0.15) is 0 Å². The fraction of sp³-hybridized carbons (Fsp3) is 0. The quantitative estimate of drug-likeness (QED) is 0.437. The Morgan fingerprint density at radius 1 is 1.33 bits per heavy atom. The summed E-state index contributed by atoms with van der Waals surface area (Å²) in [5, 5.41) is 10.6. The van der Waals surface area contributed by atoms with Crippen LogP contribution >= 0.6 is 12.6 Å². The molecule has 1 aromatic rings. The smallest absolute Gasteiger partial charge is 0.224 e. The summed E-state index contributed by atoms with van der Waals surface area (Å²) in [6, 6.07) is 4.61. The Balaban J connectivity index is 3.17. The van der Waals surface area contributed by atoms with Crippen molar-refractivity contribution in [2.75, 3.05) is 0 Å². The molecule has 1 aromatic carbocycles. The molecule has 1 nitrogen and oxygen atoms in total. The molecule has 0 heterocycles. The SMILES string of the molecule is [O]c1cc(S)cc([SH+])c1. The average Bonchev–Trinajstić information content (AvgIpc) is 1.59. The van der Waals surface area contributed by atoms with Gasteiger partial charge in [-0.1, -0.05) is 0 Å². The summed E-state index contributed by atoms with van der Waals surface area (Å²) in [4.78, 5) is 1.32. The molecule has 0 aliphatic rings. The standard InChI is InChI=1S/C6H5OS2/c7-4-1-5(8)3-6(9)2-4/h1-3,8-9H/q+1. The lowest BCUT2D eigenvalue weighted by Crippen LogP contribution is -1.69. The third-order valence-corrected chi connectivity index (χ3v) is 1.39. The maximum atomic E-state index is 10.6. The molecule has 0 aliphatic heterocycles. The fourth-order valence-corrected chi connectivity index (χ4v) is 1.20. The van der Waals surface area contributed by atoms with Crippen molar-refractivity contribution in [2.24, 2.45) is 0 Å². The lowest BCUT2D eigenvalue weighted by molar-refractivity contribution is 0.352. The molecule has 0 aliphatic carbocycles. The zero-order valence-electron chi connectivity index (χ0n) is 4.53. The number of rotatable bonds is 0. The summed E-state index contributed by atoms with van der Waals surface area (Å²) in [6.45, 7) is 0. The third-order valence-electron chi connectivity index (χ3n) is 0.876. The molecule has 0 bridgehead atoms. The van der Waals surface area contributed by atoms with Gasteiger partial charge < -0.3 is 0 Å². The van der Waals surface area contributed by atoms with E-state index in [0.717, 1.165) is 0 Å².